The molecule has 0 saturated heterocycles. The van der Waals surface area contributed by atoms with E-state index >= 15 is 0 Å². The molecule has 0 bridgehead atoms. The number of fused-ring (bicyclic) bond motifs is 1. The number of ether oxygens (including phenoxy) is 1. The number of rotatable bonds is 3. The van der Waals surface area contributed by atoms with Crippen LogP contribution in [0, 0.1) is 6.92 Å². The summed E-state index contributed by atoms with van der Waals surface area (Å²) in [6.07, 6.45) is 0. The van der Waals surface area contributed by atoms with Gasteiger partial charge in [0.05, 0.1) is 17.7 Å². The van der Waals surface area contributed by atoms with Gasteiger partial charge in [-0.15, -0.1) is 0 Å². The highest BCUT2D eigenvalue weighted by Crippen LogP contribution is 2.17. The number of carbonyl (C=O) groups excluding carboxylic acids is 1. The Hall–Kier alpha value is -2.63. The number of hydrogen-bond donors (Lipinski definition) is 2. The first-order valence-corrected chi connectivity index (χ1v) is 6.02. The van der Waals surface area contributed by atoms with Crippen molar-refractivity contribution in [2.75, 3.05) is 6.61 Å². The van der Waals surface area contributed by atoms with Crippen LogP contribution in [0.1, 0.15) is 33.3 Å². The Kier molecular flexibility index (Phi) is 3.56. The van der Waals surface area contributed by atoms with E-state index in [0.717, 1.165) is 6.07 Å². The maximum absolute atomic E-state index is 12.0. The predicted octanol–water partition coefficient (Wildman–Crippen LogP) is 1.71. The number of benzene rings is 1. The van der Waals surface area contributed by atoms with Crippen molar-refractivity contribution in [3.63, 3.8) is 0 Å². The maximum atomic E-state index is 12.0. The van der Waals surface area contributed by atoms with E-state index in [0.29, 0.717) is 5.56 Å². The molecule has 0 unspecified atom stereocenters. The van der Waals surface area contributed by atoms with Gasteiger partial charge in [-0.05, 0) is 31.5 Å². The van der Waals surface area contributed by atoms with E-state index in [9.17, 15) is 19.5 Å². The standard InChI is InChI=1S/C14H13NO5/c1-3-20-14(19)10-6-11(16)8-4-7(2)5-9(13(17)18)12(8)15-10/h4-6H,3H2,1-2H3,(H,15,16)(H,17,18). The van der Waals surface area contributed by atoms with E-state index in [1.54, 1.807) is 19.9 Å². The van der Waals surface area contributed by atoms with E-state index in [1.807, 2.05) is 0 Å². The van der Waals surface area contributed by atoms with Crippen molar-refractivity contribution in [1.29, 1.82) is 0 Å². The second-order valence-electron chi connectivity index (χ2n) is 4.31. The third kappa shape index (κ3) is 2.40. The zero-order valence-corrected chi connectivity index (χ0v) is 11.0. The molecule has 2 rings (SSSR count). The highest BCUT2D eigenvalue weighted by molar-refractivity contribution is 6.03. The number of aromatic amines is 1. The first kappa shape index (κ1) is 13.8. The Morgan fingerprint density at radius 2 is 2.00 bits per heavy atom. The Labute approximate surface area is 114 Å². The van der Waals surface area contributed by atoms with Crippen LogP contribution in [-0.4, -0.2) is 28.6 Å². The number of carboxylic acids is 1. The molecule has 20 heavy (non-hydrogen) atoms. The summed E-state index contributed by atoms with van der Waals surface area (Å²) in [7, 11) is 0. The summed E-state index contributed by atoms with van der Waals surface area (Å²) in [5.74, 6) is -1.86. The second kappa shape index (κ2) is 5.16. The molecule has 0 aliphatic carbocycles. The fourth-order valence-electron chi connectivity index (χ4n) is 1.98. The van der Waals surface area contributed by atoms with Crippen LogP contribution in [0.2, 0.25) is 0 Å². The third-order valence-corrected chi connectivity index (χ3v) is 2.81. The lowest BCUT2D eigenvalue weighted by atomic mass is 10.0. The molecule has 0 amide bonds. The molecule has 104 valence electrons. The zero-order chi connectivity index (χ0) is 14.9. The molecule has 0 spiro atoms. The van der Waals surface area contributed by atoms with Crippen molar-refractivity contribution in [3.8, 4) is 0 Å². The number of hydrogen-bond acceptors (Lipinski definition) is 4. The summed E-state index contributed by atoms with van der Waals surface area (Å²) >= 11 is 0. The maximum Gasteiger partial charge on any atom is 0.354 e. The molecule has 0 atom stereocenters. The summed E-state index contributed by atoms with van der Waals surface area (Å²) in [6.45, 7) is 3.51. The highest BCUT2D eigenvalue weighted by Gasteiger charge is 2.16. The fraction of sp³-hybridized carbons (Fsp3) is 0.214. The summed E-state index contributed by atoms with van der Waals surface area (Å²) in [5, 5.41) is 9.42. The number of nitrogens with one attached hydrogen (secondary N) is 1. The van der Waals surface area contributed by atoms with Crippen LogP contribution in [0.4, 0.5) is 0 Å². The Morgan fingerprint density at radius 1 is 1.30 bits per heavy atom. The van der Waals surface area contributed by atoms with Crippen LogP contribution in [0.15, 0.2) is 23.0 Å². The van der Waals surface area contributed by atoms with Gasteiger partial charge in [-0.2, -0.15) is 0 Å². The number of aromatic carboxylic acids is 1. The molecule has 6 heteroatoms. The normalized spacial score (nSPS) is 10.5. The molecule has 6 nitrogen and oxygen atoms in total. The number of carbonyl (C=O) groups is 2. The molecular weight excluding hydrogens is 262 g/mol. The van der Waals surface area contributed by atoms with Crippen LogP contribution in [-0.2, 0) is 4.74 Å². The summed E-state index contributed by atoms with van der Waals surface area (Å²) < 4.78 is 4.80. The molecule has 1 aromatic carbocycles. The van der Waals surface area contributed by atoms with Gasteiger partial charge in [-0.25, -0.2) is 9.59 Å². The fourth-order valence-corrected chi connectivity index (χ4v) is 1.98. The van der Waals surface area contributed by atoms with Gasteiger partial charge < -0.3 is 14.8 Å². The molecule has 1 heterocycles. The molecule has 0 aliphatic rings. The van der Waals surface area contributed by atoms with E-state index in [4.69, 9.17) is 4.74 Å². The minimum Gasteiger partial charge on any atom is -0.478 e. The van der Waals surface area contributed by atoms with Gasteiger partial charge >= 0.3 is 11.9 Å². The number of aryl methyl sites for hydroxylation is 1. The van der Waals surface area contributed by atoms with Crippen LogP contribution >= 0.6 is 0 Å². The third-order valence-electron chi connectivity index (χ3n) is 2.81. The van der Waals surface area contributed by atoms with Crippen molar-refractivity contribution in [2.45, 2.75) is 13.8 Å². The van der Waals surface area contributed by atoms with Gasteiger partial charge in [0.15, 0.2) is 5.43 Å². The number of esters is 1. The first-order valence-electron chi connectivity index (χ1n) is 6.02. The minimum atomic E-state index is -1.17. The Bertz CT molecular complexity index is 760. The number of pyridine rings is 1. The quantitative estimate of drug-likeness (QED) is 0.831. The second-order valence-corrected chi connectivity index (χ2v) is 4.31. The van der Waals surface area contributed by atoms with Gasteiger partial charge in [-0.3, -0.25) is 4.79 Å². The lowest BCUT2D eigenvalue weighted by molar-refractivity contribution is 0.0519. The topological polar surface area (TPSA) is 96.5 Å². The SMILES string of the molecule is CCOC(=O)c1cc(=O)c2cc(C)cc(C(=O)O)c2[nH]1. The van der Waals surface area contributed by atoms with Crippen molar-refractivity contribution in [2.24, 2.45) is 0 Å². The Morgan fingerprint density at radius 3 is 2.60 bits per heavy atom. The van der Waals surface area contributed by atoms with E-state index in [-0.39, 0.29) is 28.8 Å². The Balaban J connectivity index is 2.78. The molecular formula is C14H13NO5. The van der Waals surface area contributed by atoms with Gasteiger partial charge in [-0.1, -0.05) is 0 Å². The van der Waals surface area contributed by atoms with Gasteiger partial charge in [0.2, 0.25) is 0 Å². The average Bonchev–Trinajstić information content (AvgIpc) is 2.38. The minimum absolute atomic E-state index is 0.0525. The van der Waals surface area contributed by atoms with E-state index in [1.165, 1.54) is 6.07 Å². The number of aromatic nitrogens is 1. The molecule has 2 N–H and O–H groups in total. The lowest BCUT2D eigenvalue weighted by Crippen LogP contribution is -2.14. The van der Waals surface area contributed by atoms with Crippen LogP contribution in [0.5, 0.6) is 0 Å². The molecule has 2 aromatic rings. The van der Waals surface area contributed by atoms with Crippen LogP contribution < -0.4 is 5.43 Å². The molecule has 0 fully saturated rings. The van der Waals surface area contributed by atoms with Crippen LogP contribution in [0.3, 0.4) is 0 Å². The predicted molar refractivity (Wildman–Crippen MR) is 72.2 cm³/mol. The molecule has 0 aliphatic heterocycles. The largest absolute Gasteiger partial charge is 0.478 e. The molecule has 1 aromatic heterocycles. The number of carboxylic acid groups (broad SMARTS) is 1. The lowest BCUT2D eigenvalue weighted by Gasteiger charge is -2.07. The smallest absolute Gasteiger partial charge is 0.354 e. The van der Waals surface area contributed by atoms with Gasteiger partial charge in [0.1, 0.15) is 5.69 Å². The van der Waals surface area contributed by atoms with Gasteiger partial charge in [0, 0.05) is 11.5 Å². The van der Waals surface area contributed by atoms with Crippen molar-refractivity contribution in [1.82, 2.24) is 4.98 Å². The van der Waals surface area contributed by atoms with Crippen molar-refractivity contribution in [3.05, 3.63) is 45.2 Å². The summed E-state index contributed by atoms with van der Waals surface area (Å²) in [4.78, 5) is 37.6. The summed E-state index contributed by atoms with van der Waals surface area (Å²) in [6, 6.07) is 4.14. The van der Waals surface area contributed by atoms with E-state index < -0.39 is 17.4 Å². The van der Waals surface area contributed by atoms with Crippen LogP contribution in [0.25, 0.3) is 10.9 Å². The number of H-pyrrole nitrogens is 1. The van der Waals surface area contributed by atoms with Crippen molar-refractivity contribution >= 4 is 22.8 Å². The molecule has 0 saturated carbocycles. The first-order chi connectivity index (χ1) is 9.43. The monoisotopic (exact) mass is 275 g/mol. The summed E-state index contributed by atoms with van der Waals surface area (Å²) in [5.41, 5.74) is 0.245. The average molecular weight is 275 g/mol. The zero-order valence-electron chi connectivity index (χ0n) is 11.0. The molecule has 0 radical (unpaired) electrons. The van der Waals surface area contributed by atoms with Gasteiger partial charge in [0.25, 0.3) is 0 Å². The highest BCUT2D eigenvalue weighted by atomic mass is 16.5. The van der Waals surface area contributed by atoms with E-state index in [2.05, 4.69) is 4.98 Å². The van der Waals surface area contributed by atoms with Crippen molar-refractivity contribution < 1.29 is 19.4 Å².